The van der Waals surface area contributed by atoms with Gasteiger partial charge in [-0.15, -0.1) is 0 Å². The van der Waals surface area contributed by atoms with Crippen LogP contribution in [0.25, 0.3) is 0 Å². The van der Waals surface area contributed by atoms with Gasteiger partial charge < -0.3 is 5.73 Å². The second kappa shape index (κ2) is 6.61. The van der Waals surface area contributed by atoms with Crippen LogP contribution >= 0.6 is 0 Å². The minimum absolute atomic E-state index is 0.0132. The first kappa shape index (κ1) is 16.0. The molecule has 1 aromatic rings. The summed E-state index contributed by atoms with van der Waals surface area (Å²) in [5.74, 6) is 5.97. The van der Waals surface area contributed by atoms with E-state index in [0.29, 0.717) is 18.0 Å². The van der Waals surface area contributed by atoms with Gasteiger partial charge in [-0.2, -0.15) is 4.31 Å². The quantitative estimate of drug-likeness (QED) is 0.848. The van der Waals surface area contributed by atoms with Crippen molar-refractivity contribution in [3.63, 3.8) is 0 Å². The molecule has 21 heavy (non-hydrogen) atoms. The van der Waals surface area contributed by atoms with Gasteiger partial charge in [0.2, 0.25) is 10.0 Å². The predicted octanol–water partition coefficient (Wildman–Crippen LogP) is 1.81. The highest BCUT2D eigenvalue weighted by Gasteiger charge is 2.35. The largest absolute Gasteiger partial charge is 0.320 e. The molecule has 0 saturated carbocycles. The Bertz CT molecular complexity index is 658. The molecular formula is C16H22N2O2S. The summed E-state index contributed by atoms with van der Waals surface area (Å²) in [6.45, 7) is 4.88. The molecule has 2 N–H and O–H groups in total. The van der Waals surface area contributed by atoms with Crippen molar-refractivity contribution in [2.45, 2.75) is 37.6 Å². The van der Waals surface area contributed by atoms with E-state index in [1.807, 2.05) is 6.92 Å². The molecule has 0 aromatic heterocycles. The molecule has 5 heteroatoms. The van der Waals surface area contributed by atoms with Crippen LogP contribution in [0.2, 0.25) is 0 Å². The van der Waals surface area contributed by atoms with Crippen molar-refractivity contribution >= 4 is 10.0 Å². The molecule has 2 rings (SSSR count). The molecule has 0 radical (unpaired) electrons. The molecule has 1 fully saturated rings. The summed E-state index contributed by atoms with van der Waals surface area (Å²) in [5.41, 5.74) is 5.91. The van der Waals surface area contributed by atoms with Gasteiger partial charge in [0.05, 0.1) is 11.4 Å². The fraction of sp³-hybridized carbons (Fsp3) is 0.500. The SMILES string of the molecule is CC1CCCN(S(=O)(=O)c2ccccc2C#CCN)C1C. The second-order valence-corrected chi connectivity index (χ2v) is 7.34. The standard InChI is InChI=1S/C16H22N2O2S/c1-13-7-6-12-18(14(13)2)21(19,20)16-10-4-3-8-15(16)9-5-11-17/h3-4,8,10,13-14H,6-7,11-12,17H2,1-2H3. The summed E-state index contributed by atoms with van der Waals surface area (Å²) in [7, 11) is -3.52. The molecule has 1 aliphatic rings. The van der Waals surface area contributed by atoms with Crippen molar-refractivity contribution in [2.24, 2.45) is 11.7 Å². The zero-order valence-corrected chi connectivity index (χ0v) is 13.4. The van der Waals surface area contributed by atoms with Crippen LogP contribution in [0, 0.1) is 17.8 Å². The Morgan fingerprint density at radius 1 is 1.33 bits per heavy atom. The third kappa shape index (κ3) is 3.29. The number of hydrogen-bond donors (Lipinski definition) is 1. The number of nitrogens with two attached hydrogens (primary N) is 1. The molecule has 114 valence electrons. The average Bonchev–Trinajstić information content (AvgIpc) is 2.48. The smallest absolute Gasteiger partial charge is 0.244 e. The zero-order valence-electron chi connectivity index (χ0n) is 12.5. The number of benzene rings is 1. The van der Waals surface area contributed by atoms with Crippen LogP contribution in [0.1, 0.15) is 32.3 Å². The molecule has 0 aliphatic carbocycles. The van der Waals surface area contributed by atoms with E-state index >= 15 is 0 Å². The van der Waals surface area contributed by atoms with Crippen LogP contribution in [0.3, 0.4) is 0 Å². The van der Waals surface area contributed by atoms with E-state index < -0.39 is 10.0 Å². The molecule has 0 spiro atoms. The van der Waals surface area contributed by atoms with Crippen molar-refractivity contribution < 1.29 is 8.42 Å². The lowest BCUT2D eigenvalue weighted by Crippen LogP contribution is -2.46. The highest BCUT2D eigenvalue weighted by molar-refractivity contribution is 7.89. The summed E-state index contributed by atoms with van der Waals surface area (Å²) in [5, 5.41) is 0. The van der Waals surface area contributed by atoms with Crippen LogP contribution in [0.4, 0.5) is 0 Å². The first-order valence-electron chi connectivity index (χ1n) is 7.28. The summed E-state index contributed by atoms with van der Waals surface area (Å²) >= 11 is 0. The molecule has 1 heterocycles. The minimum atomic E-state index is -3.52. The Balaban J connectivity index is 2.44. The van der Waals surface area contributed by atoms with Gasteiger partial charge in [0.25, 0.3) is 0 Å². The highest BCUT2D eigenvalue weighted by atomic mass is 32.2. The lowest BCUT2D eigenvalue weighted by Gasteiger charge is -2.36. The van der Waals surface area contributed by atoms with E-state index in [-0.39, 0.29) is 17.5 Å². The van der Waals surface area contributed by atoms with Crippen molar-refractivity contribution in [2.75, 3.05) is 13.1 Å². The average molecular weight is 306 g/mol. The third-order valence-corrected chi connectivity index (χ3v) is 6.16. The minimum Gasteiger partial charge on any atom is -0.320 e. The van der Waals surface area contributed by atoms with Gasteiger partial charge in [0.1, 0.15) is 0 Å². The van der Waals surface area contributed by atoms with Crippen molar-refractivity contribution in [1.82, 2.24) is 4.31 Å². The Hall–Kier alpha value is -1.35. The molecule has 2 atom stereocenters. The van der Waals surface area contributed by atoms with Gasteiger partial charge in [-0.05, 0) is 37.8 Å². The third-order valence-electron chi connectivity index (χ3n) is 4.11. The maximum absolute atomic E-state index is 13.0. The molecule has 4 nitrogen and oxygen atoms in total. The Morgan fingerprint density at radius 3 is 2.76 bits per heavy atom. The molecule has 1 aliphatic heterocycles. The van der Waals surface area contributed by atoms with E-state index in [1.165, 1.54) is 0 Å². The summed E-state index contributed by atoms with van der Waals surface area (Å²) in [6.07, 6.45) is 1.98. The van der Waals surface area contributed by atoms with Crippen molar-refractivity contribution in [1.29, 1.82) is 0 Å². The molecule has 2 unspecified atom stereocenters. The van der Waals surface area contributed by atoms with Crippen LogP contribution in [0.15, 0.2) is 29.2 Å². The van der Waals surface area contributed by atoms with E-state index in [9.17, 15) is 8.42 Å². The molecule has 1 aromatic carbocycles. The van der Waals surface area contributed by atoms with E-state index in [1.54, 1.807) is 28.6 Å². The number of piperidine rings is 1. The first-order chi connectivity index (χ1) is 9.98. The van der Waals surface area contributed by atoms with Gasteiger partial charge >= 0.3 is 0 Å². The van der Waals surface area contributed by atoms with Crippen LogP contribution in [-0.4, -0.2) is 31.9 Å². The fourth-order valence-corrected chi connectivity index (χ4v) is 4.62. The predicted molar refractivity (Wildman–Crippen MR) is 84.1 cm³/mol. The van der Waals surface area contributed by atoms with Gasteiger partial charge in [0.15, 0.2) is 0 Å². The normalized spacial score (nSPS) is 23.4. The number of nitrogens with zero attached hydrogens (tertiary/aromatic N) is 1. The number of sulfonamides is 1. The molecule has 0 amide bonds. The molecular weight excluding hydrogens is 284 g/mol. The van der Waals surface area contributed by atoms with Crippen molar-refractivity contribution in [3.05, 3.63) is 29.8 Å². The van der Waals surface area contributed by atoms with E-state index in [4.69, 9.17) is 5.73 Å². The lowest BCUT2D eigenvalue weighted by molar-refractivity contribution is 0.202. The zero-order chi connectivity index (χ0) is 15.5. The fourth-order valence-electron chi connectivity index (χ4n) is 2.70. The van der Waals surface area contributed by atoms with Crippen LogP contribution in [-0.2, 0) is 10.0 Å². The Morgan fingerprint density at radius 2 is 2.05 bits per heavy atom. The monoisotopic (exact) mass is 306 g/mol. The highest BCUT2D eigenvalue weighted by Crippen LogP contribution is 2.29. The summed E-state index contributed by atoms with van der Waals surface area (Å²) in [6, 6.07) is 6.90. The van der Waals surface area contributed by atoms with Crippen LogP contribution < -0.4 is 5.73 Å². The molecule has 1 saturated heterocycles. The van der Waals surface area contributed by atoms with Gasteiger partial charge in [0, 0.05) is 18.2 Å². The molecule has 0 bridgehead atoms. The first-order valence-corrected chi connectivity index (χ1v) is 8.72. The summed E-state index contributed by atoms with van der Waals surface area (Å²) < 4.78 is 27.5. The topological polar surface area (TPSA) is 63.4 Å². The van der Waals surface area contributed by atoms with Crippen molar-refractivity contribution in [3.8, 4) is 11.8 Å². The Labute approximate surface area is 127 Å². The Kier molecular flexibility index (Phi) is 5.04. The second-order valence-electron chi connectivity index (χ2n) is 5.48. The van der Waals surface area contributed by atoms with Crippen LogP contribution in [0.5, 0.6) is 0 Å². The lowest BCUT2D eigenvalue weighted by atomic mass is 9.94. The van der Waals surface area contributed by atoms with Gasteiger partial charge in [-0.1, -0.05) is 30.9 Å². The van der Waals surface area contributed by atoms with Gasteiger partial charge in [-0.3, -0.25) is 0 Å². The van der Waals surface area contributed by atoms with Gasteiger partial charge in [-0.25, -0.2) is 8.42 Å². The summed E-state index contributed by atoms with van der Waals surface area (Å²) in [4.78, 5) is 0.284. The number of hydrogen-bond acceptors (Lipinski definition) is 3. The maximum Gasteiger partial charge on any atom is 0.244 e. The van der Waals surface area contributed by atoms with E-state index in [2.05, 4.69) is 18.8 Å². The maximum atomic E-state index is 13.0. The van der Waals surface area contributed by atoms with E-state index in [0.717, 1.165) is 12.8 Å². The number of rotatable bonds is 2.